The number of amidine groups is 1. The molecule has 1 aliphatic rings. The number of nitrogens with two attached hydrogens (primary N) is 2. The normalized spacial score (nSPS) is 28.5. The molecule has 0 unspecified atom stereocenters. The Balaban J connectivity index is 2.83. The van der Waals surface area contributed by atoms with E-state index < -0.39 is 0 Å². The molecule has 1 aliphatic carbocycles. The summed E-state index contributed by atoms with van der Waals surface area (Å²) in [4.78, 5) is 0. The quantitative estimate of drug-likeness (QED) is 0.256. The molecular weight excluding hydrogens is 138 g/mol. The summed E-state index contributed by atoms with van der Waals surface area (Å²) in [6.07, 6.45) is 0. The summed E-state index contributed by atoms with van der Waals surface area (Å²) < 4.78 is 0. The van der Waals surface area contributed by atoms with Crippen molar-refractivity contribution in [2.45, 2.75) is 27.7 Å². The van der Waals surface area contributed by atoms with Crippen molar-refractivity contribution in [3.63, 3.8) is 0 Å². The molecule has 0 spiro atoms. The monoisotopic (exact) mass is 155 g/mol. The topological polar surface area (TPSA) is 64.4 Å². The van der Waals surface area contributed by atoms with Gasteiger partial charge < -0.3 is 11.6 Å². The molecule has 1 saturated carbocycles. The second kappa shape index (κ2) is 1.90. The number of hydrazone groups is 1. The van der Waals surface area contributed by atoms with Gasteiger partial charge in [0.2, 0.25) is 0 Å². The zero-order valence-electron chi connectivity index (χ0n) is 7.68. The van der Waals surface area contributed by atoms with Crippen LogP contribution in [-0.2, 0) is 0 Å². The molecule has 0 saturated heterocycles. The van der Waals surface area contributed by atoms with Crippen LogP contribution in [0.3, 0.4) is 0 Å². The Morgan fingerprint density at radius 1 is 1.18 bits per heavy atom. The minimum Gasteiger partial charge on any atom is -0.385 e. The minimum atomic E-state index is 0.250. The van der Waals surface area contributed by atoms with Gasteiger partial charge in [0, 0.05) is 5.92 Å². The number of hydrogen-bond acceptors (Lipinski definition) is 2. The maximum absolute atomic E-state index is 5.65. The number of hydrogen-bond donors (Lipinski definition) is 2. The third kappa shape index (κ3) is 0.832. The lowest BCUT2D eigenvalue weighted by atomic mass is 10.0. The highest BCUT2D eigenvalue weighted by Gasteiger charge is 2.66. The van der Waals surface area contributed by atoms with Crippen LogP contribution in [0.1, 0.15) is 27.7 Å². The smallest absolute Gasteiger partial charge is 0.123 e. The molecule has 0 aromatic carbocycles. The van der Waals surface area contributed by atoms with E-state index in [0.717, 1.165) is 0 Å². The van der Waals surface area contributed by atoms with Crippen LogP contribution in [0.5, 0.6) is 0 Å². The van der Waals surface area contributed by atoms with Crippen molar-refractivity contribution in [2.75, 3.05) is 0 Å². The molecule has 4 N–H and O–H groups in total. The lowest BCUT2D eigenvalue weighted by Gasteiger charge is -2.03. The number of rotatable bonds is 1. The highest BCUT2D eigenvalue weighted by Crippen LogP contribution is 2.68. The van der Waals surface area contributed by atoms with Gasteiger partial charge in [-0.2, -0.15) is 5.10 Å². The molecule has 0 amide bonds. The van der Waals surface area contributed by atoms with Gasteiger partial charge in [0.05, 0.1) is 0 Å². The van der Waals surface area contributed by atoms with Gasteiger partial charge in [-0.1, -0.05) is 27.7 Å². The summed E-state index contributed by atoms with van der Waals surface area (Å²) >= 11 is 0. The molecule has 3 nitrogen and oxygen atoms in total. The molecule has 1 rings (SSSR count). The van der Waals surface area contributed by atoms with Gasteiger partial charge in [-0.15, -0.1) is 0 Å². The molecule has 64 valence electrons. The number of nitrogens with zero attached hydrogens (tertiary/aromatic N) is 1. The van der Waals surface area contributed by atoms with Gasteiger partial charge in [-0.05, 0) is 10.8 Å². The fraction of sp³-hybridized carbons (Fsp3) is 0.875. The van der Waals surface area contributed by atoms with E-state index in [4.69, 9.17) is 11.6 Å². The molecule has 0 aliphatic heterocycles. The Labute approximate surface area is 67.8 Å². The average molecular weight is 155 g/mol. The van der Waals surface area contributed by atoms with E-state index in [1.807, 2.05) is 0 Å². The van der Waals surface area contributed by atoms with Gasteiger partial charge in [-0.25, -0.2) is 0 Å². The molecule has 0 radical (unpaired) electrons. The maximum atomic E-state index is 5.65. The highest BCUT2D eigenvalue weighted by molar-refractivity contribution is 5.87. The minimum absolute atomic E-state index is 0.250. The highest BCUT2D eigenvalue weighted by atomic mass is 15.2. The van der Waals surface area contributed by atoms with E-state index in [0.29, 0.717) is 11.8 Å². The van der Waals surface area contributed by atoms with Crippen LogP contribution >= 0.6 is 0 Å². The van der Waals surface area contributed by atoms with Gasteiger partial charge in [0.15, 0.2) is 0 Å². The van der Waals surface area contributed by atoms with E-state index in [-0.39, 0.29) is 10.8 Å². The lowest BCUT2D eigenvalue weighted by molar-refractivity contribution is 0.457. The zero-order valence-corrected chi connectivity index (χ0v) is 7.68. The lowest BCUT2D eigenvalue weighted by Crippen LogP contribution is -2.20. The van der Waals surface area contributed by atoms with Crippen molar-refractivity contribution >= 4 is 5.84 Å². The predicted octanol–water partition coefficient (Wildman–Crippen LogP) is 0.900. The van der Waals surface area contributed by atoms with Crippen molar-refractivity contribution < 1.29 is 0 Å². The first-order chi connectivity index (χ1) is 4.85. The largest absolute Gasteiger partial charge is 0.385 e. The van der Waals surface area contributed by atoms with Gasteiger partial charge in [0.1, 0.15) is 5.84 Å². The second-order valence-electron chi connectivity index (χ2n) is 4.43. The van der Waals surface area contributed by atoms with Crippen LogP contribution in [0.2, 0.25) is 0 Å². The Kier molecular flexibility index (Phi) is 1.44. The first-order valence-corrected chi connectivity index (χ1v) is 3.89. The maximum Gasteiger partial charge on any atom is 0.123 e. The van der Waals surface area contributed by atoms with E-state index in [2.05, 4.69) is 32.8 Å². The summed E-state index contributed by atoms with van der Waals surface area (Å²) in [5, 5.41) is 3.54. The first kappa shape index (κ1) is 8.37. The molecule has 3 heteroatoms. The molecule has 1 fully saturated rings. The molecule has 11 heavy (non-hydrogen) atoms. The van der Waals surface area contributed by atoms with Gasteiger partial charge in [-0.3, -0.25) is 0 Å². The fourth-order valence-electron chi connectivity index (χ4n) is 2.01. The van der Waals surface area contributed by atoms with Crippen LogP contribution in [0.25, 0.3) is 0 Å². The van der Waals surface area contributed by atoms with Crippen LogP contribution < -0.4 is 11.6 Å². The van der Waals surface area contributed by atoms with Crippen molar-refractivity contribution in [2.24, 2.45) is 33.4 Å². The van der Waals surface area contributed by atoms with Crippen LogP contribution in [0.15, 0.2) is 5.10 Å². The fourth-order valence-corrected chi connectivity index (χ4v) is 2.01. The van der Waals surface area contributed by atoms with Crippen molar-refractivity contribution in [3.05, 3.63) is 0 Å². The van der Waals surface area contributed by atoms with Crippen LogP contribution in [0, 0.1) is 16.7 Å². The second-order valence-corrected chi connectivity index (χ2v) is 4.43. The molecule has 0 atom stereocenters. The van der Waals surface area contributed by atoms with E-state index in [1.165, 1.54) is 0 Å². The van der Waals surface area contributed by atoms with E-state index >= 15 is 0 Å². The average Bonchev–Trinajstić information content (AvgIpc) is 2.24. The Bertz CT molecular complexity index is 189. The summed E-state index contributed by atoms with van der Waals surface area (Å²) in [5.41, 5.74) is 6.15. The SMILES string of the molecule is CC1(C)C(C(N)=NN)C1(C)C. The van der Waals surface area contributed by atoms with Gasteiger partial charge >= 0.3 is 0 Å². The third-order valence-corrected chi connectivity index (χ3v) is 3.47. The van der Waals surface area contributed by atoms with Crippen molar-refractivity contribution in [1.82, 2.24) is 0 Å². The summed E-state index contributed by atoms with van der Waals surface area (Å²) in [6.45, 7) is 8.76. The molecule has 0 heterocycles. The summed E-state index contributed by atoms with van der Waals surface area (Å²) in [6, 6.07) is 0. The van der Waals surface area contributed by atoms with E-state index in [1.54, 1.807) is 0 Å². The van der Waals surface area contributed by atoms with E-state index in [9.17, 15) is 0 Å². The Morgan fingerprint density at radius 3 is 1.64 bits per heavy atom. The summed E-state index contributed by atoms with van der Waals surface area (Å²) in [7, 11) is 0. The molecule has 0 aromatic rings. The molecule has 0 aromatic heterocycles. The van der Waals surface area contributed by atoms with Gasteiger partial charge in [0.25, 0.3) is 0 Å². The summed E-state index contributed by atoms with van der Waals surface area (Å²) in [5.74, 6) is 6.05. The predicted molar refractivity (Wildman–Crippen MR) is 46.9 cm³/mol. The standard InChI is InChI=1S/C8H17N3/c1-7(2)5(6(9)11-10)8(7,3)4/h5H,10H2,1-4H3,(H2,9,11). The molecule has 0 bridgehead atoms. The zero-order chi connectivity index (χ0) is 8.86. The first-order valence-electron chi connectivity index (χ1n) is 3.89. The van der Waals surface area contributed by atoms with Crippen LogP contribution in [0.4, 0.5) is 0 Å². The van der Waals surface area contributed by atoms with Crippen LogP contribution in [-0.4, -0.2) is 5.84 Å². The third-order valence-electron chi connectivity index (χ3n) is 3.47. The Morgan fingerprint density at radius 2 is 1.55 bits per heavy atom. The molecular formula is C8H17N3. The van der Waals surface area contributed by atoms with Crippen molar-refractivity contribution in [3.8, 4) is 0 Å². The van der Waals surface area contributed by atoms with Crippen molar-refractivity contribution in [1.29, 1.82) is 0 Å². The Hall–Kier alpha value is -0.730.